The smallest absolute Gasteiger partial charge is 0.423 e. The van der Waals surface area contributed by atoms with Crippen LogP contribution in [0, 0.1) is 0 Å². The molecule has 3 N–H and O–H groups in total. The Morgan fingerprint density at radius 1 is 1.69 bits per heavy atom. The molecule has 0 spiro atoms. The van der Waals surface area contributed by atoms with Crippen LogP contribution in [-0.4, -0.2) is 16.2 Å². The van der Waals surface area contributed by atoms with E-state index in [0.29, 0.717) is 5.82 Å². The summed E-state index contributed by atoms with van der Waals surface area (Å²) < 4.78 is 0. The van der Waals surface area contributed by atoms with E-state index < -0.39 is 6.09 Å². The van der Waals surface area contributed by atoms with Crippen LogP contribution in [0.5, 0.6) is 0 Å². The fourth-order valence-electron chi connectivity index (χ4n) is 0.949. The number of pyridine rings is 1. The van der Waals surface area contributed by atoms with E-state index in [1.807, 2.05) is 24.5 Å². The first kappa shape index (κ1) is 9.31. The van der Waals surface area contributed by atoms with Gasteiger partial charge in [-0.2, -0.15) is 0 Å². The maximum Gasteiger partial charge on any atom is 0.423 e. The molecule has 0 aliphatic rings. The third-order valence-corrected chi connectivity index (χ3v) is 1.56. The van der Waals surface area contributed by atoms with E-state index >= 15 is 0 Å². The van der Waals surface area contributed by atoms with Crippen LogP contribution < -0.4 is 10.9 Å². The topological polar surface area (TPSA) is 74.2 Å². The summed E-state index contributed by atoms with van der Waals surface area (Å²) in [6, 6.07) is 3.70. The van der Waals surface area contributed by atoms with E-state index in [1.165, 1.54) is 0 Å². The van der Waals surface area contributed by atoms with Crippen LogP contribution in [0.2, 0.25) is 0 Å². The molecule has 13 heavy (non-hydrogen) atoms. The number of aromatic nitrogens is 1. The second kappa shape index (κ2) is 4.30. The molecule has 0 fully saturated rings. The Hall–Kier alpha value is -1.78. The van der Waals surface area contributed by atoms with Gasteiger partial charge in [0.2, 0.25) is 0 Å². The van der Waals surface area contributed by atoms with Crippen molar-refractivity contribution in [3.8, 4) is 0 Å². The first-order chi connectivity index (χ1) is 6.24. The molecule has 0 aliphatic heterocycles. The minimum atomic E-state index is -1.13. The van der Waals surface area contributed by atoms with E-state index in [2.05, 4.69) is 10.4 Å². The van der Waals surface area contributed by atoms with Gasteiger partial charge in [-0.05, 0) is 18.1 Å². The lowest BCUT2D eigenvalue weighted by Crippen LogP contribution is -2.28. The number of nitrogens with zero attached hydrogens (tertiary/aromatic N) is 1. The van der Waals surface area contributed by atoms with Crippen molar-refractivity contribution in [1.29, 1.82) is 0 Å². The summed E-state index contributed by atoms with van der Waals surface area (Å²) >= 11 is 0. The summed E-state index contributed by atoms with van der Waals surface area (Å²) in [5, 5.41) is 8.34. The Labute approximate surface area is 75.8 Å². The number of rotatable bonds is 3. The lowest BCUT2D eigenvalue weighted by atomic mass is 10.2. The number of aryl methyl sites for hydroxylation is 1. The molecule has 1 aromatic heterocycles. The molecule has 0 radical (unpaired) electrons. The van der Waals surface area contributed by atoms with Crippen molar-refractivity contribution >= 4 is 11.9 Å². The highest BCUT2D eigenvalue weighted by molar-refractivity contribution is 5.66. The number of amides is 1. The predicted octanol–water partition coefficient (Wildman–Crippen LogP) is 1.24. The fourth-order valence-corrected chi connectivity index (χ4v) is 0.949. The Balaban J connectivity index is 2.69. The van der Waals surface area contributed by atoms with Gasteiger partial charge >= 0.3 is 6.09 Å². The molecule has 1 aromatic rings. The van der Waals surface area contributed by atoms with Gasteiger partial charge in [0.15, 0.2) is 0 Å². The Kier molecular flexibility index (Phi) is 3.08. The molecule has 1 heterocycles. The monoisotopic (exact) mass is 181 g/mol. The van der Waals surface area contributed by atoms with Crippen LogP contribution in [0.3, 0.4) is 0 Å². The normalized spacial score (nSPS) is 9.31. The van der Waals surface area contributed by atoms with Crippen molar-refractivity contribution in [3.05, 3.63) is 23.9 Å². The van der Waals surface area contributed by atoms with Crippen molar-refractivity contribution in [2.75, 3.05) is 5.43 Å². The lowest BCUT2D eigenvalue weighted by molar-refractivity contribution is 0.197. The van der Waals surface area contributed by atoms with Crippen molar-refractivity contribution in [2.45, 2.75) is 13.3 Å². The standard InChI is InChI=1S/C8H11N3O2/c1-2-6-4-3-5-9-7(6)10-11-8(12)13/h3-5,11H,2H2,1H3,(H,9,10)(H,12,13). The highest BCUT2D eigenvalue weighted by Gasteiger charge is 2.00. The quantitative estimate of drug-likeness (QED) is 0.613. The first-order valence-electron chi connectivity index (χ1n) is 3.93. The molecule has 5 nitrogen and oxygen atoms in total. The zero-order valence-corrected chi connectivity index (χ0v) is 7.24. The highest BCUT2D eigenvalue weighted by Crippen LogP contribution is 2.09. The van der Waals surface area contributed by atoms with Crippen molar-refractivity contribution in [3.63, 3.8) is 0 Å². The molecular formula is C8H11N3O2. The minimum Gasteiger partial charge on any atom is -0.464 e. The maximum atomic E-state index is 10.2. The van der Waals surface area contributed by atoms with Gasteiger partial charge in [0, 0.05) is 6.20 Å². The van der Waals surface area contributed by atoms with Crippen LogP contribution in [0.4, 0.5) is 10.6 Å². The summed E-state index contributed by atoms with van der Waals surface area (Å²) in [7, 11) is 0. The van der Waals surface area contributed by atoms with E-state index in [0.717, 1.165) is 12.0 Å². The van der Waals surface area contributed by atoms with Crippen molar-refractivity contribution in [1.82, 2.24) is 10.4 Å². The van der Waals surface area contributed by atoms with Gasteiger partial charge < -0.3 is 5.11 Å². The van der Waals surface area contributed by atoms with Crippen LogP contribution in [-0.2, 0) is 6.42 Å². The van der Waals surface area contributed by atoms with Crippen LogP contribution >= 0.6 is 0 Å². The van der Waals surface area contributed by atoms with Gasteiger partial charge in [0.25, 0.3) is 0 Å². The number of nitrogens with one attached hydrogen (secondary N) is 2. The molecule has 0 bridgehead atoms. The molecule has 0 atom stereocenters. The van der Waals surface area contributed by atoms with Crippen molar-refractivity contribution in [2.24, 2.45) is 0 Å². The number of hydrazine groups is 1. The molecule has 0 unspecified atom stereocenters. The maximum absolute atomic E-state index is 10.2. The Morgan fingerprint density at radius 2 is 2.46 bits per heavy atom. The zero-order chi connectivity index (χ0) is 9.68. The van der Waals surface area contributed by atoms with E-state index in [-0.39, 0.29) is 0 Å². The zero-order valence-electron chi connectivity index (χ0n) is 7.24. The number of carboxylic acid groups (broad SMARTS) is 1. The third-order valence-electron chi connectivity index (χ3n) is 1.56. The largest absolute Gasteiger partial charge is 0.464 e. The summed E-state index contributed by atoms with van der Waals surface area (Å²) in [4.78, 5) is 14.2. The number of hydrogen-bond acceptors (Lipinski definition) is 3. The van der Waals surface area contributed by atoms with Gasteiger partial charge in [0.1, 0.15) is 5.82 Å². The van der Waals surface area contributed by atoms with Gasteiger partial charge in [-0.3, -0.25) is 5.43 Å². The molecule has 5 heteroatoms. The molecule has 0 aliphatic carbocycles. The molecule has 1 amide bonds. The number of hydrogen-bond donors (Lipinski definition) is 3. The highest BCUT2D eigenvalue weighted by atomic mass is 16.4. The van der Waals surface area contributed by atoms with Crippen molar-refractivity contribution < 1.29 is 9.90 Å². The minimum absolute atomic E-state index is 0.549. The van der Waals surface area contributed by atoms with E-state index in [4.69, 9.17) is 5.11 Å². The second-order valence-corrected chi connectivity index (χ2v) is 2.42. The van der Waals surface area contributed by atoms with E-state index in [9.17, 15) is 4.79 Å². The molecule has 0 saturated heterocycles. The summed E-state index contributed by atoms with van der Waals surface area (Å²) in [6.45, 7) is 1.98. The third kappa shape index (κ3) is 2.62. The number of anilines is 1. The lowest BCUT2D eigenvalue weighted by Gasteiger charge is -2.07. The average molecular weight is 181 g/mol. The van der Waals surface area contributed by atoms with Crippen LogP contribution in [0.15, 0.2) is 18.3 Å². The Bertz CT molecular complexity index is 301. The summed E-state index contributed by atoms with van der Waals surface area (Å²) in [5.41, 5.74) is 5.51. The van der Waals surface area contributed by atoms with Gasteiger partial charge in [-0.25, -0.2) is 15.2 Å². The molecular weight excluding hydrogens is 170 g/mol. The molecule has 0 saturated carbocycles. The predicted molar refractivity (Wildman–Crippen MR) is 48.4 cm³/mol. The SMILES string of the molecule is CCc1cccnc1NNC(=O)O. The number of carbonyl (C=O) groups is 1. The van der Waals surface area contributed by atoms with Crippen LogP contribution in [0.25, 0.3) is 0 Å². The van der Waals surface area contributed by atoms with Crippen LogP contribution in [0.1, 0.15) is 12.5 Å². The summed E-state index contributed by atoms with van der Waals surface area (Å²) in [6.07, 6.45) is 1.27. The first-order valence-corrected chi connectivity index (χ1v) is 3.93. The van der Waals surface area contributed by atoms with Gasteiger partial charge in [-0.1, -0.05) is 13.0 Å². The second-order valence-electron chi connectivity index (χ2n) is 2.42. The molecule has 0 aromatic carbocycles. The van der Waals surface area contributed by atoms with E-state index in [1.54, 1.807) is 6.20 Å². The molecule has 1 rings (SSSR count). The van der Waals surface area contributed by atoms with Gasteiger partial charge in [-0.15, -0.1) is 0 Å². The van der Waals surface area contributed by atoms with Gasteiger partial charge in [0.05, 0.1) is 0 Å². The average Bonchev–Trinajstić information content (AvgIpc) is 2.15. The summed E-state index contributed by atoms with van der Waals surface area (Å²) in [5.74, 6) is 0.549. The molecule has 70 valence electrons. The fraction of sp³-hybridized carbons (Fsp3) is 0.250. The Morgan fingerprint density at radius 3 is 3.08 bits per heavy atom.